The largest absolute Gasteiger partial charge is 0.324 e. The van der Waals surface area contributed by atoms with E-state index in [1.807, 2.05) is 13.1 Å². The summed E-state index contributed by atoms with van der Waals surface area (Å²) in [5.74, 6) is -0.489. The van der Waals surface area contributed by atoms with Crippen LogP contribution in [0.5, 0.6) is 0 Å². The molecule has 2 nitrogen and oxygen atoms in total. The molecule has 1 unspecified atom stereocenters. The zero-order valence-electron chi connectivity index (χ0n) is 12.1. The smallest absolute Gasteiger partial charge is 0.123 e. The highest BCUT2D eigenvalue weighted by atomic mass is 19.1. The van der Waals surface area contributed by atoms with Crippen molar-refractivity contribution < 1.29 is 8.78 Å². The van der Waals surface area contributed by atoms with Gasteiger partial charge in [-0.05, 0) is 55.4 Å². The lowest BCUT2D eigenvalue weighted by atomic mass is 10.0. The van der Waals surface area contributed by atoms with Crippen LogP contribution >= 0.6 is 0 Å². The van der Waals surface area contributed by atoms with Crippen LogP contribution in [0.4, 0.5) is 8.78 Å². The Morgan fingerprint density at radius 3 is 2.43 bits per heavy atom. The third kappa shape index (κ3) is 4.92. The Balaban J connectivity index is 1.83. The van der Waals surface area contributed by atoms with Crippen LogP contribution in [0.3, 0.4) is 0 Å². The van der Waals surface area contributed by atoms with Crippen molar-refractivity contribution in [1.82, 2.24) is 4.90 Å². The van der Waals surface area contributed by atoms with Crippen LogP contribution in [0.15, 0.2) is 48.5 Å². The number of halogens is 2. The molecule has 0 amide bonds. The average Bonchev–Trinajstić information content (AvgIpc) is 2.47. The molecule has 0 bridgehead atoms. The van der Waals surface area contributed by atoms with Gasteiger partial charge in [0.05, 0.1) is 0 Å². The molecule has 2 N–H and O–H groups in total. The van der Waals surface area contributed by atoms with E-state index in [4.69, 9.17) is 5.73 Å². The minimum absolute atomic E-state index is 0.184. The Morgan fingerprint density at radius 1 is 1.05 bits per heavy atom. The highest BCUT2D eigenvalue weighted by molar-refractivity contribution is 5.20. The Hall–Kier alpha value is -1.78. The lowest BCUT2D eigenvalue weighted by Crippen LogP contribution is -2.23. The van der Waals surface area contributed by atoms with E-state index in [1.54, 1.807) is 18.2 Å². The lowest BCUT2D eigenvalue weighted by molar-refractivity contribution is 0.311. The highest BCUT2D eigenvalue weighted by Crippen LogP contribution is 2.16. The van der Waals surface area contributed by atoms with Gasteiger partial charge in [0.25, 0.3) is 0 Å². The third-order valence-corrected chi connectivity index (χ3v) is 3.46. The summed E-state index contributed by atoms with van der Waals surface area (Å²) in [6.07, 6.45) is 0.737. The van der Waals surface area contributed by atoms with E-state index >= 15 is 0 Å². The first-order valence-electron chi connectivity index (χ1n) is 6.98. The van der Waals surface area contributed by atoms with Crippen molar-refractivity contribution in [1.29, 1.82) is 0 Å². The van der Waals surface area contributed by atoms with E-state index < -0.39 is 0 Å². The molecule has 0 radical (unpaired) electrons. The summed E-state index contributed by atoms with van der Waals surface area (Å²) in [5, 5.41) is 0. The van der Waals surface area contributed by atoms with Crippen LogP contribution in [-0.4, -0.2) is 18.5 Å². The first kappa shape index (κ1) is 15.6. The number of hydrogen-bond acceptors (Lipinski definition) is 2. The van der Waals surface area contributed by atoms with Crippen LogP contribution in [0.25, 0.3) is 0 Å². The van der Waals surface area contributed by atoms with Gasteiger partial charge in [-0.3, -0.25) is 0 Å². The summed E-state index contributed by atoms with van der Waals surface area (Å²) >= 11 is 0. The van der Waals surface area contributed by atoms with E-state index in [-0.39, 0.29) is 17.7 Å². The molecule has 21 heavy (non-hydrogen) atoms. The molecular weight excluding hydrogens is 270 g/mol. The normalized spacial score (nSPS) is 12.6. The van der Waals surface area contributed by atoms with Crippen LogP contribution in [0.1, 0.15) is 23.6 Å². The fourth-order valence-electron chi connectivity index (χ4n) is 2.24. The maximum absolute atomic E-state index is 13.1. The Morgan fingerprint density at radius 2 is 1.76 bits per heavy atom. The van der Waals surface area contributed by atoms with Crippen LogP contribution in [0, 0.1) is 11.6 Å². The standard InChI is InChI=1S/C17H20F2N2/c1-21(12-13-5-7-15(18)8-6-13)10-9-17(20)14-3-2-4-16(19)11-14/h2-8,11,17H,9-10,12,20H2,1H3. The second kappa shape index (κ2) is 7.29. The second-order valence-corrected chi connectivity index (χ2v) is 5.31. The van der Waals surface area contributed by atoms with Crippen molar-refractivity contribution in [2.45, 2.75) is 19.0 Å². The maximum atomic E-state index is 13.1. The molecule has 0 aliphatic carbocycles. The highest BCUT2D eigenvalue weighted by Gasteiger charge is 2.09. The maximum Gasteiger partial charge on any atom is 0.123 e. The number of nitrogens with two attached hydrogens (primary N) is 1. The van der Waals surface area contributed by atoms with Crippen molar-refractivity contribution in [3.05, 3.63) is 71.3 Å². The van der Waals surface area contributed by atoms with Gasteiger partial charge in [-0.15, -0.1) is 0 Å². The molecule has 0 saturated carbocycles. The number of benzene rings is 2. The van der Waals surface area contributed by atoms with Gasteiger partial charge in [-0.2, -0.15) is 0 Å². The summed E-state index contributed by atoms with van der Waals surface area (Å²) in [5.41, 5.74) is 7.95. The molecule has 1 atom stereocenters. The van der Waals surface area contributed by atoms with Gasteiger partial charge >= 0.3 is 0 Å². The van der Waals surface area contributed by atoms with Crippen molar-refractivity contribution in [3.63, 3.8) is 0 Å². The zero-order valence-corrected chi connectivity index (χ0v) is 12.1. The third-order valence-electron chi connectivity index (χ3n) is 3.46. The average molecular weight is 290 g/mol. The monoisotopic (exact) mass is 290 g/mol. The molecule has 0 aromatic heterocycles. The van der Waals surface area contributed by atoms with Crippen molar-refractivity contribution in [2.75, 3.05) is 13.6 Å². The Bertz CT molecular complexity index is 569. The van der Waals surface area contributed by atoms with Gasteiger partial charge in [-0.25, -0.2) is 8.78 Å². The molecule has 0 spiro atoms. The first-order valence-corrected chi connectivity index (χ1v) is 6.98. The quantitative estimate of drug-likeness (QED) is 0.882. The molecule has 4 heteroatoms. The van der Waals surface area contributed by atoms with Crippen molar-refractivity contribution in [2.24, 2.45) is 5.73 Å². The molecule has 0 fully saturated rings. The van der Waals surface area contributed by atoms with E-state index in [2.05, 4.69) is 4.90 Å². The van der Waals surface area contributed by atoms with Crippen LogP contribution < -0.4 is 5.73 Å². The summed E-state index contributed by atoms with van der Waals surface area (Å²) in [4.78, 5) is 2.12. The summed E-state index contributed by atoms with van der Waals surface area (Å²) in [6.45, 7) is 1.52. The van der Waals surface area contributed by atoms with Gasteiger partial charge < -0.3 is 10.6 Å². The van der Waals surface area contributed by atoms with E-state index in [0.29, 0.717) is 0 Å². The lowest BCUT2D eigenvalue weighted by Gasteiger charge is -2.19. The van der Waals surface area contributed by atoms with Crippen LogP contribution in [-0.2, 0) is 6.54 Å². The van der Waals surface area contributed by atoms with Gasteiger partial charge in [-0.1, -0.05) is 24.3 Å². The number of hydrogen-bond donors (Lipinski definition) is 1. The van der Waals surface area contributed by atoms with Gasteiger partial charge in [0.15, 0.2) is 0 Å². The number of nitrogens with zero attached hydrogens (tertiary/aromatic N) is 1. The van der Waals surface area contributed by atoms with Gasteiger partial charge in [0.2, 0.25) is 0 Å². The van der Waals surface area contributed by atoms with Crippen LogP contribution in [0.2, 0.25) is 0 Å². The first-order chi connectivity index (χ1) is 10.0. The summed E-state index contributed by atoms with van der Waals surface area (Å²) in [6, 6.07) is 12.7. The molecule has 2 aromatic carbocycles. The predicted octanol–water partition coefficient (Wildman–Crippen LogP) is 3.49. The zero-order chi connectivity index (χ0) is 15.2. The molecule has 0 aliphatic rings. The summed E-state index contributed by atoms with van der Waals surface area (Å²) in [7, 11) is 1.99. The minimum atomic E-state index is -0.261. The topological polar surface area (TPSA) is 29.3 Å². The fraction of sp³-hybridized carbons (Fsp3) is 0.294. The predicted molar refractivity (Wildman–Crippen MR) is 80.7 cm³/mol. The molecule has 0 aliphatic heterocycles. The molecule has 0 saturated heterocycles. The van der Waals surface area contributed by atoms with Gasteiger partial charge in [0.1, 0.15) is 11.6 Å². The molecule has 2 rings (SSSR count). The second-order valence-electron chi connectivity index (χ2n) is 5.31. The van der Waals surface area contributed by atoms with E-state index in [9.17, 15) is 8.78 Å². The molecule has 0 heterocycles. The fourth-order valence-corrected chi connectivity index (χ4v) is 2.24. The molecule has 112 valence electrons. The minimum Gasteiger partial charge on any atom is -0.324 e. The van der Waals surface area contributed by atoms with E-state index in [0.717, 1.165) is 30.6 Å². The number of rotatable bonds is 6. The molecule has 2 aromatic rings. The van der Waals surface area contributed by atoms with Crippen molar-refractivity contribution in [3.8, 4) is 0 Å². The Kier molecular flexibility index (Phi) is 5.42. The molecular formula is C17H20F2N2. The van der Waals surface area contributed by atoms with Gasteiger partial charge in [0, 0.05) is 12.6 Å². The van der Waals surface area contributed by atoms with E-state index in [1.165, 1.54) is 24.3 Å². The Labute approximate surface area is 124 Å². The SMILES string of the molecule is CN(CCC(N)c1cccc(F)c1)Cc1ccc(F)cc1. The summed E-state index contributed by atoms with van der Waals surface area (Å²) < 4.78 is 26.0. The van der Waals surface area contributed by atoms with Crippen molar-refractivity contribution >= 4 is 0 Å².